The maximum atomic E-state index is 12.0. The van der Waals surface area contributed by atoms with Gasteiger partial charge in [-0.3, -0.25) is 0 Å². The normalized spacial score (nSPS) is 13.1. The van der Waals surface area contributed by atoms with Crippen LogP contribution in [0.4, 0.5) is 0 Å². The van der Waals surface area contributed by atoms with Gasteiger partial charge in [-0.05, 0) is 58.1 Å². The van der Waals surface area contributed by atoms with Crippen molar-refractivity contribution >= 4 is 16.2 Å². The van der Waals surface area contributed by atoms with Crippen LogP contribution in [0.1, 0.15) is 45.6 Å². The number of rotatable bonds is 8. The van der Waals surface area contributed by atoms with Crippen molar-refractivity contribution in [3.8, 4) is 0 Å². The molecule has 0 bridgehead atoms. The Morgan fingerprint density at radius 1 is 1.27 bits per heavy atom. The summed E-state index contributed by atoms with van der Waals surface area (Å²) in [6, 6.07) is 6.69. The van der Waals surface area contributed by atoms with E-state index in [1.165, 1.54) is 5.57 Å². The van der Waals surface area contributed by atoms with Crippen LogP contribution in [0.3, 0.4) is 0 Å². The molecule has 0 heterocycles. The fourth-order valence-corrected chi connectivity index (χ4v) is 2.70. The first-order chi connectivity index (χ1) is 10.3. The summed E-state index contributed by atoms with van der Waals surface area (Å²) in [5.41, 5.74) is 2.35. The van der Waals surface area contributed by atoms with Crippen LogP contribution < -0.4 is 4.83 Å². The Morgan fingerprint density at radius 2 is 1.91 bits per heavy atom. The Hall–Kier alpha value is -1.62. The molecule has 0 aliphatic carbocycles. The molecule has 4 nitrogen and oxygen atoms in total. The number of benzene rings is 1. The molecule has 0 aliphatic heterocycles. The molecule has 22 heavy (non-hydrogen) atoms. The van der Waals surface area contributed by atoms with Crippen molar-refractivity contribution < 1.29 is 8.42 Å². The largest absolute Gasteiger partial charge is 0.276 e. The van der Waals surface area contributed by atoms with E-state index < -0.39 is 10.0 Å². The molecule has 0 aromatic heterocycles. The highest BCUT2D eigenvalue weighted by Crippen LogP contribution is 2.11. The Balaban J connectivity index is 2.44. The first kappa shape index (κ1) is 18.4. The molecule has 1 aromatic carbocycles. The number of nitrogens with zero attached hydrogens (tertiary/aromatic N) is 1. The quantitative estimate of drug-likeness (QED) is 0.446. The molecule has 1 rings (SSSR count). The number of aryl methyl sites for hydroxylation is 1. The van der Waals surface area contributed by atoms with Crippen LogP contribution in [0.5, 0.6) is 0 Å². The minimum absolute atomic E-state index is 0.229. The van der Waals surface area contributed by atoms with Crippen molar-refractivity contribution in [3.05, 3.63) is 41.5 Å². The van der Waals surface area contributed by atoms with Crippen molar-refractivity contribution in [1.29, 1.82) is 0 Å². The zero-order valence-corrected chi connectivity index (χ0v) is 14.7. The monoisotopic (exact) mass is 322 g/mol. The Morgan fingerprint density at radius 3 is 2.50 bits per heavy atom. The van der Waals surface area contributed by atoms with Gasteiger partial charge in [-0.25, -0.2) is 4.83 Å². The van der Waals surface area contributed by atoms with Crippen LogP contribution in [-0.2, 0) is 10.0 Å². The number of nitrogens with one attached hydrogen (secondary N) is 1. The standard InChI is InChI=1S/C17H26N2O2S/c1-14(2)6-5-7-15(3)12-13-18-19-22(20,21)17-10-8-16(4)9-11-17/h6,8-11,13,15,19H,5,7,12H2,1-4H3/b18-13-/t15-/m0/s1. The molecule has 1 aromatic rings. The van der Waals surface area contributed by atoms with Crippen LogP contribution in [0.2, 0.25) is 0 Å². The van der Waals surface area contributed by atoms with Gasteiger partial charge in [0.1, 0.15) is 0 Å². The van der Waals surface area contributed by atoms with E-state index in [-0.39, 0.29) is 4.90 Å². The smallest absolute Gasteiger partial charge is 0.200 e. The molecule has 0 aliphatic rings. The summed E-state index contributed by atoms with van der Waals surface area (Å²) in [7, 11) is -3.56. The summed E-state index contributed by atoms with van der Waals surface area (Å²) in [6.45, 7) is 8.23. The van der Waals surface area contributed by atoms with Crippen LogP contribution >= 0.6 is 0 Å². The van der Waals surface area contributed by atoms with E-state index in [1.54, 1.807) is 30.5 Å². The summed E-state index contributed by atoms with van der Waals surface area (Å²) in [5, 5.41) is 3.85. The van der Waals surface area contributed by atoms with Gasteiger partial charge in [0, 0.05) is 6.21 Å². The first-order valence-corrected chi connectivity index (χ1v) is 9.03. The van der Waals surface area contributed by atoms with Crippen LogP contribution in [0, 0.1) is 12.8 Å². The van der Waals surface area contributed by atoms with Gasteiger partial charge in [-0.1, -0.05) is 36.3 Å². The number of hydrazone groups is 1. The second-order valence-electron chi connectivity index (χ2n) is 5.92. The molecule has 122 valence electrons. The Bertz CT molecular complexity index is 613. The summed E-state index contributed by atoms with van der Waals surface area (Å²) < 4.78 is 24.0. The third-order valence-corrected chi connectivity index (χ3v) is 4.55. The zero-order valence-electron chi connectivity index (χ0n) is 13.8. The third-order valence-electron chi connectivity index (χ3n) is 3.32. The summed E-state index contributed by atoms with van der Waals surface area (Å²) in [5.74, 6) is 0.475. The Kier molecular flexibility index (Phi) is 7.32. The molecule has 0 fully saturated rings. The molecule has 1 atom stereocenters. The lowest BCUT2D eigenvalue weighted by atomic mass is 10.0. The minimum atomic E-state index is -3.56. The maximum absolute atomic E-state index is 12.0. The Labute approximate surface area is 134 Å². The van der Waals surface area contributed by atoms with E-state index in [2.05, 4.69) is 36.8 Å². The summed E-state index contributed by atoms with van der Waals surface area (Å²) in [4.78, 5) is 2.48. The molecule has 1 N–H and O–H groups in total. The van der Waals surface area contributed by atoms with Gasteiger partial charge < -0.3 is 0 Å². The van der Waals surface area contributed by atoms with Gasteiger partial charge in [0.05, 0.1) is 4.90 Å². The molecule has 0 radical (unpaired) electrons. The molecular weight excluding hydrogens is 296 g/mol. The molecule has 0 spiro atoms. The van der Waals surface area contributed by atoms with Crippen molar-refractivity contribution in [2.45, 2.75) is 51.9 Å². The minimum Gasteiger partial charge on any atom is -0.200 e. The molecule has 5 heteroatoms. The topological polar surface area (TPSA) is 58.5 Å². The second-order valence-corrected chi connectivity index (χ2v) is 7.58. The van der Waals surface area contributed by atoms with E-state index in [4.69, 9.17) is 0 Å². The molecule has 0 amide bonds. The van der Waals surface area contributed by atoms with Crippen molar-refractivity contribution in [3.63, 3.8) is 0 Å². The van der Waals surface area contributed by atoms with E-state index >= 15 is 0 Å². The van der Waals surface area contributed by atoms with Gasteiger partial charge in [-0.2, -0.15) is 13.5 Å². The molecule has 0 saturated carbocycles. The highest BCUT2D eigenvalue weighted by atomic mass is 32.2. The fourth-order valence-electron chi connectivity index (χ4n) is 1.88. The molecular formula is C17H26N2O2S. The fraction of sp³-hybridized carbons (Fsp3) is 0.471. The number of allylic oxidation sites excluding steroid dienone is 2. The zero-order chi connectivity index (χ0) is 16.6. The van der Waals surface area contributed by atoms with Gasteiger partial charge in [0.15, 0.2) is 0 Å². The molecule has 0 unspecified atom stereocenters. The van der Waals surface area contributed by atoms with E-state index in [9.17, 15) is 8.42 Å². The van der Waals surface area contributed by atoms with E-state index in [0.29, 0.717) is 5.92 Å². The van der Waals surface area contributed by atoms with E-state index in [0.717, 1.165) is 24.8 Å². The lowest BCUT2D eigenvalue weighted by molar-refractivity contribution is 0.561. The van der Waals surface area contributed by atoms with Crippen molar-refractivity contribution in [2.75, 3.05) is 0 Å². The van der Waals surface area contributed by atoms with Gasteiger partial charge in [-0.15, -0.1) is 0 Å². The van der Waals surface area contributed by atoms with Crippen molar-refractivity contribution in [2.24, 2.45) is 11.0 Å². The average molecular weight is 322 g/mol. The highest BCUT2D eigenvalue weighted by molar-refractivity contribution is 7.89. The second kappa shape index (κ2) is 8.73. The summed E-state index contributed by atoms with van der Waals surface area (Å²) in [6.07, 6.45) is 6.73. The SMILES string of the molecule is CC(C)=CCC[C@H](C)C/C=N\NS(=O)(=O)c1ccc(C)cc1. The average Bonchev–Trinajstić information content (AvgIpc) is 2.44. The predicted molar refractivity (Wildman–Crippen MR) is 92.4 cm³/mol. The molecule has 0 saturated heterocycles. The number of hydrogen-bond acceptors (Lipinski definition) is 3. The van der Waals surface area contributed by atoms with Gasteiger partial charge in [0.2, 0.25) is 0 Å². The lowest BCUT2D eigenvalue weighted by Gasteiger charge is -2.06. The van der Waals surface area contributed by atoms with Crippen LogP contribution in [0.25, 0.3) is 0 Å². The van der Waals surface area contributed by atoms with Crippen LogP contribution in [0.15, 0.2) is 45.9 Å². The third kappa shape index (κ3) is 6.89. The van der Waals surface area contributed by atoms with E-state index in [1.807, 2.05) is 6.92 Å². The van der Waals surface area contributed by atoms with Crippen LogP contribution in [-0.4, -0.2) is 14.6 Å². The lowest BCUT2D eigenvalue weighted by Crippen LogP contribution is -2.18. The first-order valence-electron chi connectivity index (χ1n) is 7.54. The number of hydrogen-bond donors (Lipinski definition) is 1. The highest BCUT2D eigenvalue weighted by Gasteiger charge is 2.11. The van der Waals surface area contributed by atoms with Gasteiger partial charge in [0.25, 0.3) is 10.0 Å². The predicted octanol–water partition coefficient (Wildman–Crippen LogP) is 4.03. The maximum Gasteiger partial charge on any atom is 0.276 e. The summed E-state index contributed by atoms with van der Waals surface area (Å²) >= 11 is 0. The van der Waals surface area contributed by atoms with Crippen molar-refractivity contribution in [1.82, 2.24) is 4.83 Å². The van der Waals surface area contributed by atoms with Gasteiger partial charge >= 0.3 is 0 Å². The number of sulfonamides is 1.